The highest BCUT2D eigenvalue weighted by Crippen LogP contribution is 2.29. The molecular formula is C13H15N3O4S. The number of aliphatic carboxylic acids is 1. The lowest BCUT2D eigenvalue weighted by Crippen LogP contribution is -2.46. The van der Waals surface area contributed by atoms with Gasteiger partial charge in [-0.15, -0.1) is 11.8 Å². The van der Waals surface area contributed by atoms with E-state index in [1.54, 1.807) is 19.1 Å². The number of amides is 3. The number of carboxylic acids is 1. The molecule has 21 heavy (non-hydrogen) atoms. The van der Waals surface area contributed by atoms with Gasteiger partial charge in [-0.1, -0.05) is 0 Å². The number of hydrogen-bond acceptors (Lipinski definition) is 4. The van der Waals surface area contributed by atoms with Crippen molar-refractivity contribution < 1.29 is 19.5 Å². The highest BCUT2D eigenvalue weighted by Gasteiger charge is 2.39. The first-order valence-electron chi connectivity index (χ1n) is 6.23. The lowest BCUT2D eigenvalue weighted by molar-refractivity contribution is -0.141. The number of nitrogens with two attached hydrogens (primary N) is 1. The molecule has 0 aliphatic carbocycles. The minimum atomic E-state index is -1.02. The average Bonchev–Trinajstić information content (AvgIpc) is 2.81. The molecule has 2 atom stereocenters. The number of rotatable bonds is 3. The zero-order valence-corrected chi connectivity index (χ0v) is 12.1. The number of carboxylic acid groups (broad SMARTS) is 1. The Kier molecular flexibility index (Phi) is 4.37. The highest BCUT2D eigenvalue weighted by atomic mass is 32.2. The van der Waals surface area contributed by atoms with Gasteiger partial charge in [0, 0.05) is 17.0 Å². The number of primary amides is 1. The molecule has 8 heteroatoms. The van der Waals surface area contributed by atoms with Crippen molar-refractivity contribution in [3.05, 3.63) is 29.8 Å². The Morgan fingerprint density at radius 2 is 1.95 bits per heavy atom. The van der Waals surface area contributed by atoms with Gasteiger partial charge in [-0.3, -0.25) is 9.69 Å². The Hall–Kier alpha value is -2.22. The van der Waals surface area contributed by atoms with Gasteiger partial charge in [-0.05, 0) is 31.2 Å². The second kappa shape index (κ2) is 6.04. The fraction of sp³-hybridized carbons (Fsp3) is 0.308. The Labute approximate surface area is 125 Å². The summed E-state index contributed by atoms with van der Waals surface area (Å²) in [5, 5.41) is 11.5. The van der Waals surface area contributed by atoms with Crippen LogP contribution in [0.2, 0.25) is 0 Å². The first-order chi connectivity index (χ1) is 9.90. The standard InChI is InChI=1S/C13H15N3O4S/c1-7-16(10(6-21-7)12(18)19)13(20)15-9-4-2-8(3-5-9)11(14)17/h2-5,7,10H,6H2,1H3,(H2,14,17)(H,15,20)(H,18,19). The number of hydrogen-bond donors (Lipinski definition) is 3. The molecular weight excluding hydrogens is 294 g/mol. The van der Waals surface area contributed by atoms with Gasteiger partial charge < -0.3 is 16.2 Å². The van der Waals surface area contributed by atoms with Crippen LogP contribution in [0, 0.1) is 0 Å². The lowest BCUT2D eigenvalue weighted by atomic mass is 10.2. The zero-order chi connectivity index (χ0) is 15.6. The van der Waals surface area contributed by atoms with Gasteiger partial charge in [0.05, 0.1) is 5.37 Å². The van der Waals surface area contributed by atoms with Crippen LogP contribution in [-0.4, -0.2) is 45.1 Å². The topological polar surface area (TPSA) is 113 Å². The maximum atomic E-state index is 12.2. The Balaban J connectivity index is 2.09. The minimum absolute atomic E-state index is 0.212. The van der Waals surface area contributed by atoms with E-state index < -0.39 is 23.9 Å². The lowest BCUT2D eigenvalue weighted by Gasteiger charge is -2.25. The van der Waals surface area contributed by atoms with Crippen LogP contribution in [0.1, 0.15) is 17.3 Å². The molecule has 1 saturated heterocycles. The summed E-state index contributed by atoms with van der Waals surface area (Å²) >= 11 is 1.41. The van der Waals surface area contributed by atoms with Crippen molar-refractivity contribution in [3.8, 4) is 0 Å². The smallest absolute Gasteiger partial charge is 0.327 e. The Morgan fingerprint density at radius 1 is 1.33 bits per heavy atom. The summed E-state index contributed by atoms with van der Waals surface area (Å²) < 4.78 is 0. The number of benzene rings is 1. The number of carbonyl (C=O) groups excluding carboxylic acids is 2. The van der Waals surface area contributed by atoms with Crippen molar-refractivity contribution in [1.82, 2.24) is 4.90 Å². The van der Waals surface area contributed by atoms with E-state index >= 15 is 0 Å². The maximum Gasteiger partial charge on any atom is 0.327 e. The van der Waals surface area contributed by atoms with Gasteiger partial charge in [0.25, 0.3) is 0 Å². The summed E-state index contributed by atoms with van der Waals surface area (Å²) in [7, 11) is 0. The quantitative estimate of drug-likeness (QED) is 0.775. The van der Waals surface area contributed by atoms with Gasteiger partial charge in [0.15, 0.2) is 0 Å². The van der Waals surface area contributed by atoms with Crippen LogP contribution < -0.4 is 11.1 Å². The predicted octanol–water partition coefficient (Wildman–Crippen LogP) is 1.17. The molecule has 0 saturated carbocycles. The molecule has 1 heterocycles. The fourth-order valence-electron chi connectivity index (χ4n) is 2.05. The van der Waals surface area contributed by atoms with E-state index in [2.05, 4.69) is 5.32 Å². The average molecular weight is 309 g/mol. The predicted molar refractivity (Wildman–Crippen MR) is 79.2 cm³/mol. The zero-order valence-electron chi connectivity index (χ0n) is 11.3. The first-order valence-corrected chi connectivity index (χ1v) is 7.28. The second-order valence-corrected chi connectivity index (χ2v) is 5.91. The van der Waals surface area contributed by atoms with Gasteiger partial charge in [-0.2, -0.15) is 0 Å². The largest absolute Gasteiger partial charge is 0.480 e. The van der Waals surface area contributed by atoms with Gasteiger partial charge in [0.1, 0.15) is 6.04 Å². The molecule has 2 unspecified atom stereocenters. The number of nitrogens with zero attached hydrogens (tertiary/aromatic N) is 1. The molecule has 2 rings (SSSR count). The van der Waals surface area contributed by atoms with Crippen LogP contribution in [0.5, 0.6) is 0 Å². The summed E-state index contributed by atoms with van der Waals surface area (Å²) in [6, 6.07) is 4.76. The van der Waals surface area contributed by atoms with E-state index in [-0.39, 0.29) is 5.37 Å². The van der Waals surface area contributed by atoms with Crippen LogP contribution >= 0.6 is 11.8 Å². The number of carbonyl (C=O) groups is 3. The molecule has 1 aliphatic rings. The van der Waals surface area contributed by atoms with Crippen LogP contribution in [0.4, 0.5) is 10.5 Å². The third kappa shape index (κ3) is 3.27. The molecule has 7 nitrogen and oxygen atoms in total. The van der Waals surface area contributed by atoms with E-state index in [1.807, 2.05) is 0 Å². The van der Waals surface area contributed by atoms with Crippen molar-refractivity contribution in [2.75, 3.05) is 11.1 Å². The fourth-order valence-corrected chi connectivity index (χ4v) is 3.21. The van der Waals surface area contributed by atoms with Crippen molar-refractivity contribution in [3.63, 3.8) is 0 Å². The summed E-state index contributed by atoms with van der Waals surface area (Å²) in [5.41, 5.74) is 5.94. The van der Waals surface area contributed by atoms with Gasteiger partial charge in [0.2, 0.25) is 5.91 Å². The van der Waals surface area contributed by atoms with Gasteiger partial charge >= 0.3 is 12.0 Å². The van der Waals surface area contributed by atoms with E-state index in [4.69, 9.17) is 10.8 Å². The van der Waals surface area contributed by atoms with Crippen molar-refractivity contribution in [2.45, 2.75) is 18.3 Å². The SMILES string of the molecule is CC1SCC(C(=O)O)N1C(=O)Nc1ccc(C(N)=O)cc1. The Bertz CT molecular complexity index is 575. The van der Waals surface area contributed by atoms with Gasteiger partial charge in [-0.25, -0.2) is 9.59 Å². The molecule has 1 aromatic rings. The van der Waals surface area contributed by atoms with Crippen molar-refractivity contribution in [1.29, 1.82) is 0 Å². The number of nitrogens with one attached hydrogen (secondary N) is 1. The third-order valence-electron chi connectivity index (χ3n) is 3.16. The molecule has 0 aromatic heterocycles. The highest BCUT2D eigenvalue weighted by molar-refractivity contribution is 8.00. The molecule has 0 bridgehead atoms. The van der Waals surface area contributed by atoms with E-state index in [0.717, 1.165) is 0 Å². The van der Waals surface area contributed by atoms with Crippen LogP contribution in [-0.2, 0) is 4.79 Å². The maximum absolute atomic E-state index is 12.2. The van der Waals surface area contributed by atoms with E-state index in [9.17, 15) is 14.4 Å². The van der Waals surface area contributed by atoms with Crippen molar-refractivity contribution >= 4 is 35.4 Å². The minimum Gasteiger partial charge on any atom is -0.480 e. The number of urea groups is 1. The normalized spacial score (nSPS) is 21.1. The molecule has 0 spiro atoms. The first kappa shape index (κ1) is 15.2. The molecule has 1 aliphatic heterocycles. The van der Waals surface area contributed by atoms with E-state index in [1.165, 1.54) is 28.8 Å². The molecule has 3 amide bonds. The number of thioether (sulfide) groups is 1. The third-order valence-corrected chi connectivity index (χ3v) is 4.38. The molecule has 1 fully saturated rings. The summed E-state index contributed by atoms with van der Waals surface area (Å²) in [6.07, 6.45) is 0. The van der Waals surface area contributed by atoms with Crippen LogP contribution in [0.25, 0.3) is 0 Å². The van der Waals surface area contributed by atoms with Crippen molar-refractivity contribution in [2.24, 2.45) is 5.73 Å². The van der Waals surface area contributed by atoms with Crippen LogP contribution in [0.3, 0.4) is 0 Å². The molecule has 112 valence electrons. The second-order valence-electron chi connectivity index (χ2n) is 4.57. The molecule has 4 N–H and O–H groups in total. The monoisotopic (exact) mass is 309 g/mol. The van der Waals surface area contributed by atoms with E-state index in [0.29, 0.717) is 17.0 Å². The summed E-state index contributed by atoms with van der Waals surface area (Å²) in [5.74, 6) is -1.21. The van der Waals surface area contributed by atoms with Crippen LogP contribution in [0.15, 0.2) is 24.3 Å². The summed E-state index contributed by atoms with van der Waals surface area (Å²) in [4.78, 5) is 35.6. The number of anilines is 1. The molecule has 1 aromatic carbocycles. The molecule has 0 radical (unpaired) electrons. The Morgan fingerprint density at radius 3 is 2.48 bits per heavy atom. The summed E-state index contributed by atoms with van der Waals surface area (Å²) in [6.45, 7) is 1.78.